The normalized spacial score (nSPS) is 16.1. The molecule has 0 aliphatic carbocycles. The fourth-order valence-corrected chi connectivity index (χ4v) is 4.96. The number of ketones is 1. The number of hydrogen-bond donors (Lipinski definition) is 2. The first kappa shape index (κ1) is 13.3. The molecule has 0 bridgehead atoms. The van der Waals surface area contributed by atoms with Crippen molar-refractivity contribution in [2.45, 2.75) is 39.4 Å². The highest BCUT2D eigenvalue weighted by atomic mass is 32.2. The summed E-state index contributed by atoms with van der Waals surface area (Å²) >= 11 is 0.708. The fourth-order valence-electron chi connectivity index (χ4n) is 2.59. The topological polar surface area (TPSA) is 118 Å². The zero-order valence-electron chi connectivity index (χ0n) is 24.0. The number of Topliss-reactive ketones (excluding diaryl/α,β-unsaturated/α-hetero) is 1. The van der Waals surface area contributed by atoms with Gasteiger partial charge < -0.3 is 9.84 Å². The summed E-state index contributed by atoms with van der Waals surface area (Å²) in [6.07, 6.45) is 0. The smallest absolute Gasteiger partial charge is 0.267 e. The van der Waals surface area contributed by atoms with Crippen LogP contribution in [0.2, 0.25) is 0 Å². The minimum atomic E-state index is -4.52. The summed E-state index contributed by atoms with van der Waals surface area (Å²) in [4.78, 5) is 25.0. The molecule has 0 atom stereocenters. The standard InChI is InChI=1S/C20H21N3O5S2/c1-10-8-11(2)17(15(9-10)14(5)24)21-19(25)18-16(6-7-29-18)30(26,27)23-20-12(3)13(4)22-28-20/h6-9,23H,1-5H3,(H,21,25)/i4D3,5D3,8D,9D. The van der Waals surface area contributed by atoms with E-state index in [0.717, 1.165) is 6.07 Å². The maximum Gasteiger partial charge on any atom is 0.267 e. The SMILES string of the molecule is [2H]c1c(C)c([2H])c(C(=O)C([2H])([2H])[2H])c(NC(=O)c2sccc2S(=O)(=O)Nc2onc(C([2H])([2H])[2H])c2C)c1C. The molecule has 0 radical (unpaired) electrons. The second-order valence-corrected chi connectivity index (χ2v) is 8.80. The molecule has 0 aliphatic heterocycles. The van der Waals surface area contributed by atoms with Crippen molar-refractivity contribution < 1.29 is 33.5 Å². The first-order valence-corrected chi connectivity index (χ1v) is 10.7. The minimum Gasteiger partial charge on any atom is -0.337 e. The van der Waals surface area contributed by atoms with Crippen LogP contribution < -0.4 is 10.0 Å². The average Bonchev–Trinajstić information content (AvgIpc) is 3.43. The number of carbonyl (C=O) groups is 2. The highest BCUT2D eigenvalue weighted by molar-refractivity contribution is 7.93. The summed E-state index contributed by atoms with van der Waals surface area (Å²) in [5.74, 6) is -2.94. The second-order valence-electron chi connectivity index (χ2n) is 6.24. The Balaban J connectivity index is 2.04. The van der Waals surface area contributed by atoms with Crippen LogP contribution in [0.5, 0.6) is 0 Å². The van der Waals surface area contributed by atoms with Crippen LogP contribution in [0, 0.1) is 27.6 Å². The molecule has 10 heteroatoms. The maximum atomic E-state index is 13.2. The third-order valence-corrected chi connectivity index (χ3v) is 6.47. The van der Waals surface area contributed by atoms with Gasteiger partial charge in [-0.25, -0.2) is 13.1 Å². The summed E-state index contributed by atoms with van der Waals surface area (Å²) in [5, 5.41) is 6.99. The molecule has 8 nitrogen and oxygen atoms in total. The molecule has 0 saturated carbocycles. The van der Waals surface area contributed by atoms with Crippen molar-refractivity contribution >= 4 is 44.6 Å². The number of thiophene rings is 1. The summed E-state index contributed by atoms with van der Waals surface area (Å²) in [7, 11) is -4.52. The van der Waals surface area contributed by atoms with E-state index in [4.69, 9.17) is 15.5 Å². The lowest BCUT2D eigenvalue weighted by molar-refractivity contribution is 0.101. The van der Waals surface area contributed by atoms with Crippen molar-refractivity contribution in [3.05, 3.63) is 56.4 Å². The molecule has 158 valence electrons. The number of rotatable bonds is 6. The molecule has 1 amide bonds. The van der Waals surface area contributed by atoms with Gasteiger partial charge in [0.1, 0.15) is 9.77 Å². The summed E-state index contributed by atoms with van der Waals surface area (Å²) in [6.45, 7) is -1.81. The van der Waals surface area contributed by atoms with Crippen LogP contribution >= 0.6 is 11.3 Å². The molecule has 3 rings (SSSR count). The number of amides is 1. The molecule has 0 spiro atoms. The van der Waals surface area contributed by atoms with Crippen molar-refractivity contribution in [1.82, 2.24) is 5.16 Å². The first-order chi connectivity index (χ1) is 17.3. The second kappa shape index (κ2) is 8.04. The Hall–Kier alpha value is -2.98. The van der Waals surface area contributed by atoms with Crippen molar-refractivity contribution in [2.75, 3.05) is 10.0 Å². The van der Waals surface area contributed by atoms with E-state index in [-0.39, 0.29) is 27.6 Å². The average molecular weight is 456 g/mol. The Morgan fingerprint density at radius 2 is 2.03 bits per heavy atom. The first-order valence-electron chi connectivity index (χ1n) is 12.3. The number of anilines is 2. The Morgan fingerprint density at radius 3 is 2.70 bits per heavy atom. The minimum absolute atomic E-state index is 0.00742. The fraction of sp³-hybridized carbons (Fsp3) is 0.250. The molecule has 3 aromatic rings. The molecule has 2 aromatic heterocycles. The van der Waals surface area contributed by atoms with Crippen molar-refractivity contribution in [3.8, 4) is 0 Å². The third kappa shape index (κ3) is 4.14. The Labute approximate surface area is 189 Å². The number of sulfonamides is 1. The Morgan fingerprint density at radius 1 is 1.27 bits per heavy atom. The molecule has 30 heavy (non-hydrogen) atoms. The summed E-state index contributed by atoms with van der Waals surface area (Å²) in [5.41, 5.74) is -1.52. The monoisotopic (exact) mass is 455 g/mol. The molecule has 0 saturated heterocycles. The van der Waals surface area contributed by atoms with Crippen LogP contribution in [0.1, 0.15) is 60.2 Å². The molecular weight excluding hydrogens is 426 g/mol. The number of aryl methyl sites for hydroxylation is 1. The van der Waals surface area contributed by atoms with Gasteiger partial charge >= 0.3 is 0 Å². The van der Waals surface area contributed by atoms with Gasteiger partial charge in [0, 0.05) is 19.4 Å². The van der Waals surface area contributed by atoms with Gasteiger partial charge in [-0.1, -0.05) is 11.2 Å². The highest BCUT2D eigenvalue weighted by Crippen LogP contribution is 2.29. The molecular formula is C20H21N3O5S2. The van der Waals surface area contributed by atoms with Crippen molar-refractivity contribution in [2.24, 2.45) is 0 Å². The van der Waals surface area contributed by atoms with E-state index in [1.807, 2.05) is 0 Å². The van der Waals surface area contributed by atoms with Gasteiger partial charge in [-0.2, -0.15) is 0 Å². The quantitative estimate of drug-likeness (QED) is 0.537. The number of carbonyl (C=O) groups excluding carboxylic acids is 2. The molecule has 0 unspecified atom stereocenters. The summed E-state index contributed by atoms with van der Waals surface area (Å²) in [6, 6.07) is 0.336. The van der Waals surface area contributed by atoms with Gasteiger partial charge in [-0.3, -0.25) is 9.59 Å². The third-order valence-electron chi connectivity index (χ3n) is 4.05. The van der Waals surface area contributed by atoms with E-state index >= 15 is 0 Å². The van der Waals surface area contributed by atoms with E-state index < -0.39 is 69.2 Å². The lowest BCUT2D eigenvalue weighted by Gasteiger charge is -2.14. The Bertz CT molecular complexity index is 1560. The van der Waals surface area contributed by atoms with Crippen LogP contribution in [-0.4, -0.2) is 25.3 Å². The van der Waals surface area contributed by atoms with Gasteiger partial charge in [0.25, 0.3) is 15.9 Å². The predicted octanol–water partition coefficient (Wildman–Crippen LogP) is 4.23. The van der Waals surface area contributed by atoms with E-state index in [0.29, 0.717) is 11.3 Å². The maximum absolute atomic E-state index is 13.2. The van der Waals surface area contributed by atoms with Gasteiger partial charge in [0.05, 0.1) is 14.1 Å². The van der Waals surface area contributed by atoms with Gasteiger partial charge in [-0.05, 0) is 63.1 Å². The van der Waals surface area contributed by atoms with Gasteiger partial charge in [-0.15, -0.1) is 11.3 Å². The zero-order chi connectivity index (χ0) is 29.0. The van der Waals surface area contributed by atoms with Crippen LogP contribution in [0.4, 0.5) is 11.6 Å². The largest absolute Gasteiger partial charge is 0.337 e. The van der Waals surface area contributed by atoms with E-state index in [2.05, 4.69) is 15.2 Å². The van der Waals surface area contributed by atoms with Crippen molar-refractivity contribution in [3.63, 3.8) is 0 Å². The van der Waals surface area contributed by atoms with E-state index in [1.165, 1.54) is 26.2 Å². The van der Waals surface area contributed by atoms with E-state index in [9.17, 15) is 18.0 Å². The summed E-state index contributed by atoms with van der Waals surface area (Å²) < 4.78 is 94.2. The number of benzene rings is 1. The lowest BCUT2D eigenvalue weighted by Crippen LogP contribution is -2.20. The number of hydrogen-bond acceptors (Lipinski definition) is 7. The van der Waals surface area contributed by atoms with Crippen LogP contribution in [0.3, 0.4) is 0 Å². The van der Waals surface area contributed by atoms with Crippen LogP contribution in [-0.2, 0) is 10.0 Å². The Kier molecular flexibility index (Phi) is 3.58. The molecule has 2 N–H and O–H groups in total. The molecule has 2 heterocycles. The highest BCUT2D eigenvalue weighted by Gasteiger charge is 2.27. The molecule has 1 aromatic carbocycles. The van der Waals surface area contributed by atoms with Gasteiger partial charge in [0.15, 0.2) is 5.78 Å². The van der Waals surface area contributed by atoms with Crippen LogP contribution in [0.25, 0.3) is 0 Å². The number of nitrogens with zero attached hydrogens (tertiary/aromatic N) is 1. The lowest BCUT2D eigenvalue weighted by atomic mass is 10.0. The van der Waals surface area contributed by atoms with Crippen molar-refractivity contribution in [1.29, 1.82) is 0 Å². The van der Waals surface area contributed by atoms with E-state index in [1.54, 1.807) is 0 Å². The number of aromatic nitrogens is 1. The predicted molar refractivity (Wildman–Crippen MR) is 115 cm³/mol. The van der Waals surface area contributed by atoms with Crippen LogP contribution in [0.15, 0.2) is 32.9 Å². The molecule has 0 fully saturated rings. The van der Waals surface area contributed by atoms with Gasteiger partial charge in [0.2, 0.25) is 5.88 Å². The molecule has 0 aliphatic rings. The number of nitrogens with one attached hydrogen (secondary N) is 2. The zero-order valence-corrected chi connectivity index (χ0v) is 17.6.